The average Bonchev–Trinajstić information content (AvgIpc) is 3.23. The highest BCUT2D eigenvalue weighted by molar-refractivity contribution is 5.98. The molecule has 0 fully saturated rings. The number of esters is 1. The van der Waals surface area contributed by atoms with Crippen molar-refractivity contribution in [2.45, 2.75) is 13.0 Å². The molecule has 1 amide bonds. The lowest BCUT2D eigenvalue weighted by Gasteiger charge is -2.19. The minimum Gasteiger partial charge on any atom is -0.492 e. The molecular weight excluding hydrogens is 344 g/mol. The quantitative estimate of drug-likeness (QED) is 0.622. The van der Waals surface area contributed by atoms with Gasteiger partial charge in [0, 0.05) is 11.8 Å². The SMILES string of the molecule is CCOc1ccccc1NC(=O)[C@@H](OC(=O)c1ccc[nH]1)c1ccccc1. The number of carbonyl (C=O) groups is 2. The number of H-pyrrole nitrogens is 1. The van der Waals surface area contributed by atoms with Gasteiger partial charge >= 0.3 is 5.97 Å². The number of ether oxygens (including phenoxy) is 2. The van der Waals surface area contributed by atoms with Gasteiger partial charge in [0.15, 0.2) is 0 Å². The second-order valence-corrected chi connectivity index (χ2v) is 5.70. The van der Waals surface area contributed by atoms with Crippen LogP contribution >= 0.6 is 0 Å². The van der Waals surface area contributed by atoms with E-state index in [-0.39, 0.29) is 5.69 Å². The molecule has 27 heavy (non-hydrogen) atoms. The van der Waals surface area contributed by atoms with Gasteiger partial charge in [-0.2, -0.15) is 0 Å². The molecule has 1 aromatic heterocycles. The predicted octanol–water partition coefficient (Wildman–Crippen LogP) is 3.95. The van der Waals surface area contributed by atoms with E-state index in [1.165, 1.54) is 0 Å². The zero-order chi connectivity index (χ0) is 19.1. The molecule has 2 aromatic carbocycles. The Kier molecular flexibility index (Phi) is 5.89. The number of rotatable bonds is 7. The van der Waals surface area contributed by atoms with E-state index in [1.807, 2.05) is 19.1 Å². The van der Waals surface area contributed by atoms with Crippen LogP contribution in [-0.2, 0) is 9.53 Å². The molecule has 2 N–H and O–H groups in total. The van der Waals surface area contributed by atoms with E-state index in [9.17, 15) is 9.59 Å². The zero-order valence-corrected chi connectivity index (χ0v) is 14.8. The van der Waals surface area contributed by atoms with Gasteiger partial charge in [0.2, 0.25) is 6.10 Å². The third-order valence-corrected chi connectivity index (χ3v) is 3.83. The van der Waals surface area contributed by atoms with E-state index in [0.717, 1.165) is 0 Å². The maximum Gasteiger partial charge on any atom is 0.355 e. The number of hydrogen-bond donors (Lipinski definition) is 2. The van der Waals surface area contributed by atoms with E-state index < -0.39 is 18.0 Å². The third-order valence-electron chi connectivity index (χ3n) is 3.83. The molecule has 138 valence electrons. The smallest absolute Gasteiger partial charge is 0.355 e. The van der Waals surface area contributed by atoms with E-state index in [0.29, 0.717) is 23.6 Å². The Morgan fingerprint density at radius 2 is 1.74 bits per heavy atom. The summed E-state index contributed by atoms with van der Waals surface area (Å²) in [6, 6.07) is 19.3. The minimum absolute atomic E-state index is 0.276. The van der Waals surface area contributed by atoms with Gasteiger partial charge in [-0.05, 0) is 31.2 Å². The van der Waals surface area contributed by atoms with Crippen molar-refractivity contribution < 1.29 is 19.1 Å². The number of carbonyl (C=O) groups excluding carboxylic acids is 2. The van der Waals surface area contributed by atoms with Crippen molar-refractivity contribution in [1.82, 2.24) is 4.98 Å². The van der Waals surface area contributed by atoms with Gasteiger partial charge in [0.25, 0.3) is 5.91 Å². The van der Waals surface area contributed by atoms with Gasteiger partial charge in [-0.3, -0.25) is 4.79 Å². The number of benzene rings is 2. The molecule has 1 atom stereocenters. The molecule has 1 heterocycles. The van der Waals surface area contributed by atoms with Crippen LogP contribution in [0.25, 0.3) is 0 Å². The van der Waals surface area contributed by atoms with Crippen LogP contribution in [0.2, 0.25) is 0 Å². The van der Waals surface area contributed by atoms with Gasteiger partial charge < -0.3 is 19.8 Å². The fourth-order valence-electron chi connectivity index (χ4n) is 2.58. The van der Waals surface area contributed by atoms with E-state index in [1.54, 1.807) is 60.8 Å². The highest BCUT2D eigenvalue weighted by atomic mass is 16.5. The van der Waals surface area contributed by atoms with Crippen molar-refractivity contribution in [2.24, 2.45) is 0 Å². The molecule has 0 radical (unpaired) electrons. The summed E-state index contributed by atoms with van der Waals surface area (Å²) >= 11 is 0. The van der Waals surface area contributed by atoms with Gasteiger partial charge in [-0.25, -0.2) is 4.79 Å². The monoisotopic (exact) mass is 364 g/mol. The van der Waals surface area contributed by atoms with Crippen molar-refractivity contribution in [2.75, 3.05) is 11.9 Å². The van der Waals surface area contributed by atoms with Crippen LogP contribution < -0.4 is 10.1 Å². The first-order valence-electron chi connectivity index (χ1n) is 8.61. The van der Waals surface area contributed by atoms with Crippen LogP contribution in [0, 0.1) is 0 Å². The Bertz CT molecular complexity index is 892. The Balaban J connectivity index is 1.84. The van der Waals surface area contributed by atoms with Crippen molar-refractivity contribution in [1.29, 1.82) is 0 Å². The number of amides is 1. The number of anilines is 1. The first-order valence-corrected chi connectivity index (χ1v) is 8.61. The first-order chi connectivity index (χ1) is 13.2. The fourth-order valence-corrected chi connectivity index (χ4v) is 2.58. The summed E-state index contributed by atoms with van der Waals surface area (Å²) in [5.74, 6) is -0.522. The lowest BCUT2D eigenvalue weighted by atomic mass is 10.1. The Hall–Kier alpha value is -3.54. The molecule has 6 nitrogen and oxygen atoms in total. The Morgan fingerprint density at radius 1 is 1.00 bits per heavy atom. The highest BCUT2D eigenvalue weighted by Crippen LogP contribution is 2.27. The van der Waals surface area contributed by atoms with Crippen molar-refractivity contribution in [3.05, 3.63) is 84.2 Å². The van der Waals surface area contributed by atoms with Crippen molar-refractivity contribution in [3.8, 4) is 5.75 Å². The Labute approximate surface area is 157 Å². The lowest BCUT2D eigenvalue weighted by Crippen LogP contribution is -2.26. The highest BCUT2D eigenvalue weighted by Gasteiger charge is 2.26. The number of aromatic nitrogens is 1. The molecule has 3 aromatic rings. The largest absolute Gasteiger partial charge is 0.492 e. The number of hydrogen-bond acceptors (Lipinski definition) is 4. The molecule has 0 saturated carbocycles. The summed E-state index contributed by atoms with van der Waals surface area (Å²) in [7, 11) is 0. The molecule has 0 aliphatic carbocycles. The summed E-state index contributed by atoms with van der Waals surface area (Å²) in [6.07, 6.45) is 0.517. The van der Waals surface area contributed by atoms with E-state index >= 15 is 0 Å². The summed E-state index contributed by atoms with van der Waals surface area (Å²) in [5.41, 5.74) is 1.36. The third kappa shape index (κ3) is 4.55. The van der Waals surface area contributed by atoms with Crippen LogP contribution in [0.5, 0.6) is 5.75 Å². The maximum atomic E-state index is 12.9. The normalized spacial score (nSPS) is 11.4. The average molecular weight is 364 g/mol. The summed E-state index contributed by atoms with van der Waals surface area (Å²) in [5, 5.41) is 2.79. The second-order valence-electron chi connectivity index (χ2n) is 5.70. The number of aromatic amines is 1. The lowest BCUT2D eigenvalue weighted by molar-refractivity contribution is -0.125. The fraction of sp³-hybridized carbons (Fsp3) is 0.143. The second kappa shape index (κ2) is 8.71. The summed E-state index contributed by atoms with van der Waals surface area (Å²) < 4.78 is 11.0. The van der Waals surface area contributed by atoms with Crippen LogP contribution in [0.1, 0.15) is 29.1 Å². The topological polar surface area (TPSA) is 80.4 Å². The summed E-state index contributed by atoms with van der Waals surface area (Å²) in [6.45, 7) is 2.33. The van der Waals surface area contributed by atoms with Gasteiger partial charge in [-0.1, -0.05) is 42.5 Å². The minimum atomic E-state index is -1.10. The number of nitrogens with one attached hydrogen (secondary N) is 2. The van der Waals surface area contributed by atoms with Crippen LogP contribution in [0.15, 0.2) is 72.9 Å². The number of para-hydroxylation sites is 2. The van der Waals surface area contributed by atoms with Crippen LogP contribution in [0.3, 0.4) is 0 Å². The van der Waals surface area contributed by atoms with Gasteiger partial charge in [0.1, 0.15) is 11.4 Å². The molecule has 0 spiro atoms. The first kappa shape index (κ1) is 18.3. The predicted molar refractivity (Wildman–Crippen MR) is 102 cm³/mol. The van der Waals surface area contributed by atoms with E-state index in [2.05, 4.69) is 10.3 Å². The zero-order valence-electron chi connectivity index (χ0n) is 14.8. The van der Waals surface area contributed by atoms with Gasteiger partial charge in [0.05, 0.1) is 12.3 Å². The molecule has 0 unspecified atom stereocenters. The van der Waals surface area contributed by atoms with Crippen LogP contribution in [-0.4, -0.2) is 23.5 Å². The molecule has 0 aliphatic heterocycles. The molecule has 6 heteroatoms. The standard InChI is InChI=1S/C21H20N2O4/c1-2-26-18-13-7-6-11-16(18)23-20(24)19(15-9-4-3-5-10-15)27-21(25)17-12-8-14-22-17/h3-14,19,22H,2H2,1H3,(H,23,24)/t19-/m0/s1. The molecule has 0 bridgehead atoms. The summed E-state index contributed by atoms with van der Waals surface area (Å²) in [4.78, 5) is 28.1. The van der Waals surface area contributed by atoms with Crippen molar-refractivity contribution >= 4 is 17.6 Å². The Morgan fingerprint density at radius 3 is 2.44 bits per heavy atom. The van der Waals surface area contributed by atoms with Crippen molar-refractivity contribution in [3.63, 3.8) is 0 Å². The molecule has 0 saturated heterocycles. The maximum absolute atomic E-state index is 12.9. The van der Waals surface area contributed by atoms with E-state index in [4.69, 9.17) is 9.47 Å². The molecule has 3 rings (SSSR count). The van der Waals surface area contributed by atoms with Crippen LogP contribution in [0.4, 0.5) is 5.69 Å². The van der Waals surface area contributed by atoms with Gasteiger partial charge in [-0.15, -0.1) is 0 Å². The molecule has 0 aliphatic rings. The molecular formula is C21H20N2O4.